The number of fused-ring (bicyclic) bond motifs is 2. The maximum Gasteiger partial charge on any atom is 0.264 e. The molecule has 0 bridgehead atoms. The molecular weight excluding hydrogens is 426 g/mol. The number of rotatable bonds is 5. The first-order valence-corrected chi connectivity index (χ1v) is 11.5. The second kappa shape index (κ2) is 8.48. The quantitative estimate of drug-likeness (QED) is 0.492. The van der Waals surface area contributed by atoms with Crippen molar-refractivity contribution in [3.8, 4) is 5.88 Å². The number of amides is 1. The summed E-state index contributed by atoms with van der Waals surface area (Å²) in [5, 5.41) is 0.798. The Morgan fingerprint density at radius 3 is 2.88 bits per heavy atom. The molecule has 32 heavy (non-hydrogen) atoms. The zero-order valence-electron chi connectivity index (χ0n) is 18.3. The smallest absolute Gasteiger partial charge is 0.264 e. The number of carbonyl (C=O) groups is 1. The fraction of sp³-hybridized carbons (Fsp3) is 0.391. The number of hydrogen-bond donors (Lipinski definition) is 1. The molecule has 1 atom stereocenters. The van der Waals surface area contributed by atoms with Crippen LogP contribution in [0.3, 0.4) is 0 Å². The number of carbonyl (C=O) groups excluding carboxylic acids is 1. The molecule has 1 N–H and O–H groups in total. The van der Waals surface area contributed by atoms with E-state index in [0.29, 0.717) is 23.1 Å². The first-order chi connectivity index (χ1) is 15.6. The van der Waals surface area contributed by atoms with Gasteiger partial charge in [0, 0.05) is 26.1 Å². The van der Waals surface area contributed by atoms with Crippen LogP contribution in [0, 0.1) is 6.92 Å². The molecule has 0 spiro atoms. The number of nitrogens with zero attached hydrogens (tertiary/aromatic N) is 4. The Morgan fingerprint density at radius 2 is 2.09 bits per heavy atom. The van der Waals surface area contributed by atoms with E-state index in [9.17, 15) is 4.79 Å². The highest BCUT2D eigenvalue weighted by atomic mass is 32.1. The average molecular weight is 452 g/mol. The lowest BCUT2D eigenvalue weighted by atomic mass is 9.97. The van der Waals surface area contributed by atoms with Crippen LogP contribution in [0.2, 0.25) is 0 Å². The number of ether oxygens (including phenoxy) is 2. The second-order valence-electron chi connectivity index (χ2n) is 8.05. The van der Waals surface area contributed by atoms with Crippen LogP contribution in [0.1, 0.15) is 45.6 Å². The third-order valence-electron chi connectivity index (χ3n) is 5.97. The molecule has 1 aliphatic rings. The minimum absolute atomic E-state index is 0.0293. The van der Waals surface area contributed by atoms with Crippen LogP contribution >= 0.6 is 11.3 Å². The monoisotopic (exact) mass is 451 g/mol. The normalized spacial score (nSPS) is 16.7. The van der Waals surface area contributed by atoms with Gasteiger partial charge >= 0.3 is 0 Å². The molecule has 4 aromatic rings. The van der Waals surface area contributed by atoms with Crippen molar-refractivity contribution in [3.05, 3.63) is 46.4 Å². The fourth-order valence-corrected chi connectivity index (χ4v) is 5.54. The van der Waals surface area contributed by atoms with E-state index in [1.165, 1.54) is 11.3 Å². The Kier molecular flexibility index (Phi) is 5.52. The summed E-state index contributed by atoms with van der Waals surface area (Å²) in [5.41, 5.74) is 2.86. The number of benzene rings is 1. The molecule has 0 aliphatic carbocycles. The van der Waals surface area contributed by atoms with Crippen molar-refractivity contribution in [2.45, 2.75) is 32.3 Å². The number of para-hydroxylation sites is 2. The largest absolute Gasteiger partial charge is 0.480 e. The number of piperidine rings is 1. The Balaban J connectivity index is 1.44. The van der Waals surface area contributed by atoms with Crippen LogP contribution in [-0.4, -0.2) is 58.1 Å². The van der Waals surface area contributed by atoms with E-state index in [0.717, 1.165) is 52.0 Å². The molecular formula is C23H25N5O3S. The summed E-state index contributed by atoms with van der Waals surface area (Å²) < 4.78 is 10.7. The van der Waals surface area contributed by atoms with E-state index < -0.39 is 0 Å². The number of H-pyrrole nitrogens is 1. The first kappa shape index (κ1) is 20.8. The number of methoxy groups -OCH3 is 2. The number of nitrogens with one attached hydrogen (secondary N) is 1. The third kappa shape index (κ3) is 3.61. The Labute approximate surface area is 189 Å². The molecule has 4 heterocycles. The molecule has 0 radical (unpaired) electrons. The number of aromatic amines is 1. The summed E-state index contributed by atoms with van der Waals surface area (Å²) in [7, 11) is 3.18. The summed E-state index contributed by atoms with van der Waals surface area (Å²) in [6, 6.07) is 8.03. The van der Waals surface area contributed by atoms with Crippen LogP contribution in [0.25, 0.3) is 21.3 Å². The number of thiophene rings is 1. The number of aryl methyl sites for hydroxylation is 1. The van der Waals surface area contributed by atoms with Crippen molar-refractivity contribution in [2.24, 2.45) is 0 Å². The zero-order chi connectivity index (χ0) is 22.2. The van der Waals surface area contributed by atoms with Crippen molar-refractivity contribution < 1.29 is 14.3 Å². The van der Waals surface area contributed by atoms with Gasteiger partial charge in [-0.1, -0.05) is 12.1 Å². The topological polar surface area (TPSA) is 93.2 Å². The van der Waals surface area contributed by atoms with E-state index in [1.807, 2.05) is 36.1 Å². The number of hydrogen-bond acceptors (Lipinski definition) is 7. The van der Waals surface area contributed by atoms with Gasteiger partial charge in [-0.2, -0.15) is 4.98 Å². The van der Waals surface area contributed by atoms with Gasteiger partial charge in [0.05, 0.1) is 28.4 Å². The summed E-state index contributed by atoms with van der Waals surface area (Å²) in [4.78, 5) is 34.1. The van der Waals surface area contributed by atoms with Crippen LogP contribution in [-0.2, 0) is 11.3 Å². The molecule has 1 unspecified atom stereocenters. The molecule has 166 valence electrons. The summed E-state index contributed by atoms with van der Waals surface area (Å²) in [5.74, 6) is 2.20. The van der Waals surface area contributed by atoms with E-state index >= 15 is 0 Å². The fourth-order valence-electron chi connectivity index (χ4n) is 4.38. The van der Waals surface area contributed by atoms with Gasteiger partial charge in [-0.3, -0.25) is 4.79 Å². The van der Waals surface area contributed by atoms with E-state index in [1.54, 1.807) is 14.2 Å². The van der Waals surface area contributed by atoms with Gasteiger partial charge in [-0.05, 0) is 37.5 Å². The lowest BCUT2D eigenvalue weighted by Gasteiger charge is -2.31. The highest BCUT2D eigenvalue weighted by Gasteiger charge is 2.30. The van der Waals surface area contributed by atoms with Crippen molar-refractivity contribution in [3.63, 3.8) is 0 Å². The molecule has 9 heteroatoms. The standard InChI is InChI=1S/C23H25N5O3S/c1-13-18-21(31-3)26-17(12-30-2)27-22(18)32-19(13)23(29)28-10-6-7-14(11-28)20-24-15-8-4-5-9-16(15)25-20/h4-5,8-9,14H,6-7,10-12H2,1-3H3,(H,24,25). The van der Waals surface area contributed by atoms with Crippen LogP contribution in [0.4, 0.5) is 0 Å². The van der Waals surface area contributed by atoms with E-state index in [4.69, 9.17) is 14.5 Å². The molecule has 1 saturated heterocycles. The Hall–Kier alpha value is -3.04. The van der Waals surface area contributed by atoms with Gasteiger partial charge in [-0.25, -0.2) is 9.97 Å². The summed E-state index contributed by atoms with van der Waals surface area (Å²) in [6.07, 6.45) is 1.95. The van der Waals surface area contributed by atoms with Crippen molar-refractivity contribution in [2.75, 3.05) is 27.3 Å². The molecule has 1 amide bonds. The van der Waals surface area contributed by atoms with Crippen LogP contribution < -0.4 is 4.74 Å². The number of imidazole rings is 1. The van der Waals surface area contributed by atoms with Crippen molar-refractivity contribution in [1.82, 2.24) is 24.8 Å². The van der Waals surface area contributed by atoms with Gasteiger partial charge in [0.15, 0.2) is 5.82 Å². The van der Waals surface area contributed by atoms with Gasteiger partial charge in [0.2, 0.25) is 5.88 Å². The van der Waals surface area contributed by atoms with Gasteiger partial charge in [-0.15, -0.1) is 11.3 Å². The Bertz CT molecular complexity index is 1260. The van der Waals surface area contributed by atoms with Crippen molar-refractivity contribution >= 4 is 38.5 Å². The zero-order valence-corrected chi connectivity index (χ0v) is 19.2. The van der Waals surface area contributed by atoms with Gasteiger partial charge < -0.3 is 19.4 Å². The maximum atomic E-state index is 13.5. The third-order valence-corrected chi connectivity index (χ3v) is 7.14. The molecule has 1 fully saturated rings. The van der Waals surface area contributed by atoms with E-state index in [-0.39, 0.29) is 18.4 Å². The number of aromatic nitrogens is 4. The minimum atomic E-state index is 0.0293. The van der Waals surface area contributed by atoms with E-state index in [2.05, 4.69) is 15.0 Å². The highest BCUT2D eigenvalue weighted by Crippen LogP contribution is 2.37. The van der Waals surface area contributed by atoms with Gasteiger partial charge in [0.25, 0.3) is 5.91 Å². The predicted molar refractivity (Wildman–Crippen MR) is 123 cm³/mol. The van der Waals surface area contributed by atoms with Crippen LogP contribution in [0.5, 0.6) is 5.88 Å². The predicted octanol–water partition coefficient (Wildman–Crippen LogP) is 4.05. The minimum Gasteiger partial charge on any atom is -0.480 e. The highest BCUT2D eigenvalue weighted by molar-refractivity contribution is 7.20. The lowest BCUT2D eigenvalue weighted by Crippen LogP contribution is -2.39. The summed E-state index contributed by atoms with van der Waals surface area (Å²) in [6.45, 7) is 3.61. The van der Waals surface area contributed by atoms with Gasteiger partial charge in [0.1, 0.15) is 17.3 Å². The van der Waals surface area contributed by atoms with Crippen LogP contribution in [0.15, 0.2) is 24.3 Å². The van der Waals surface area contributed by atoms with Crippen molar-refractivity contribution in [1.29, 1.82) is 0 Å². The molecule has 3 aromatic heterocycles. The maximum absolute atomic E-state index is 13.5. The SMILES string of the molecule is COCc1nc(OC)c2c(C)c(C(=O)N3CCCC(c4nc5ccccc5[nH]4)C3)sc2n1. The molecule has 1 aromatic carbocycles. The lowest BCUT2D eigenvalue weighted by molar-refractivity contribution is 0.0709. The summed E-state index contributed by atoms with van der Waals surface area (Å²) >= 11 is 1.39. The molecule has 5 rings (SSSR count). The first-order valence-electron chi connectivity index (χ1n) is 10.7. The Morgan fingerprint density at radius 1 is 1.25 bits per heavy atom. The average Bonchev–Trinajstić information content (AvgIpc) is 3.40. The second-order valence-corrected chi connectivity index (χ2v) is 9.05. The molecule has 8 nitrogen and oxygen atoms in total. The number of likely N-dealkylation sites (tertiary alicyclic amines) is 1. The molecule has 1 aliphatic heterocycles. The molecule has 0 saturated carbocycles.